The summed E-state index contributed by atoms with van der Waals surface area (Å²) in [6.07, 6.45) is 4.27. The molecule has 1 saturated carbocycles. The lowest BCUT2D eigenvalue weighted by Crippen LogP contribution is -2.47. The van der Waals surface area contributed by atoms with Crippen LogP contribution in [0.4, 0.5) is 0 Å². The molecule has 0 spiro atoms. The minimum atomic E-state index is -3.12. The van der Waals surface area contributed by atoms with Crippen molar-refractivity contribution in [3.63, 3.8) is 0 Å². The molecule has 2 aliphatic rings. The van der Waals surface area contributed by atoms with Gasteiger partial charge in [-0.3, -0.25) is 0 Å². The second-order valence-corrected chi connectivity index (χ2v) is 7.84. The Morgan fingerprint density at radius 1 is 1.18 bits per heavy atom. The third kappa shape index (κ3) is 3.93. The van der Waals surface area contributed by atoms with E-state index in [4.69, 9.17) is 0 Å². The largest absolute Gasteiger partial charge is 0.317 e. The SMILES string of the molecule is CC(C)(NS(=O)(=O)CC1CCNCC1)C1CC1. The molecule has 1 aliphatic carbocycles. The molecule has 1 heterocycles. The number of nitrogens with one attached hydrogen (secondary N) is 2. The molecule has 0 radical (unpaired) electrons. The number of hydrogen-bond acceptors (Lipinski definition) is 3. The van der Waals surface area contributed by atoms with Crippen LogP contribution < -0.4 is 10.0 Å². The molecule has 0 aromatic heterocycles. The molecule has 5 heteroatoms. The van der Waals surface area contributed by atoms with Gasteiger partial charge in [0.25, 0.3) is 0 Å². The fraction of sp³-hybridized carbons (Fsp3) is 1.00. The van der Waals surface area contributed by atoms with Crippen molar-refractivity contribution in [1.82, 2.24) is 10.0 Å². The summed E-state index contributed by atoms with van der Waals surface area (Å²) in [5.41, 5.74) is -0.258. The minimum absolute atomic E-state index is 0.258. The summed E-state index contributed by atoms with van der Waals surface area (Å²) < 4.78 is 27.1. The minimum Gasteiger partial charge on any atom is -0.317 e. The van der Waals surface area contributed by atoms with Crippen LogP contribution in [-0.2, 0) is 10.0 Å². The normalized spacial score (nSPS) is 23.9. The molecule has 2 rings (SSSR count). The van der Waals surface area contributed by atoms with Gasteiger partial charge in [-0.1, -0.05) is 0 Å². The van der Waals surface area contributed by atoms with Crippen molar-refractivity contribution >= 4 is 10.0 Å². The van der Waals surface area contributed by atoms with E-state index in [-0.39, 0.29) is 5.54 Å². The molecule has 1 aliphatic heterocycles. The van der Waals surface area contributed by atoms with Crippen LogP contribution in [0.2, 0.25) is 0 Å². The second-order valence-electron chi connectivity index (χ2n) is 6.07. The highest BCUT2D eigenvalue weighted by Crippen LogP contribution is 2.39. The zero-order chi connectivity index (χ0) is 12.5. The lowest BCUT2D eigenvalue weighted by molar-refractivity contribution is 0.381. The summed E-state index contributed by atoms with van der Waals surface area (Å²) in [7, 11) is -3.12. The van der Waals surface area contributed by atoms with E-state index >= 15 is 0 Å². The smallest absolute Gasteiger partial charge is 0.212 e. The molecule has 0 amide bonds. The van der Waals surface area contributed by atoms with Gasteiger partial charge in [0.15, 0.2) is 0 Å². The first kappa shape index (κ1) is 13.3. The van der Waals surface area contributed by atoms with Crippen LogP contribution in [0, 0.1) is 11.8 Å². The molecule has 0 atom stereocenters. The zero-order valence-corrected chi connectivity index (χ0v) is 11.6. The van der Waals surface area contributed by atoms with Gasteiger partial charge in [0.05, 0.1) is 5.75 Å². The second kappa shape index (κ2) is 4.86. The molecule has 0 aromatic carbocycles. The van der Waals surface area contributed by atoms with Crippen LogP contribution in [0.15, 0.2) is 0 Å². The van der Waals surface area contributed by atoms with Crippen molar-refractivity contribution in [1.29, 1.82) is 0 Å². The Bertz CT molecular complexity index is 355. The Balaban J connectivity index is 1.89. The lowest BCUT2D eigenvalue weighted by atomic mass is 10.0. The molecule has 2 N–H and O–H groups in total. The van der Waals surface area contributed by atoms with Crippen molar-refractivity contribution in [2.45, 2.75) is 45.1 Å². The molecule has 1 saturated heterocycles. The fourth-order valence-electron chi connectivity index (χ4n) is 2.69. The Morgan fingerprint density at radius 2 is 1.76 bits per heavy atom. The number of rotatable bonds is 5. The molecule has 0 bridgehead atoms. The molecular weight excluding hydrogens is 236 g/mol. The quantitative estimate of drug-likeness (QED) is 0.778. The van der Waals surface area contributed by atoms with Gasteiger partial charge in [-0.15, -0.1) is 0 Å². The van der Waals surface area contributed by atoms with Gasteiger partial charge < -0.3 is 5.32 Å². The first-order valence-corrected chi connectivity index (χ1v) is 8.27. The Hall–Kier alpha value is -0.130. The molecule has 2 fully saturated rings. The van der Waals surface area contributed by atoms with E-state index in [2.05, 4.69) is 10.0 Å². The van der Waals surface area contributed by atoms with Gasteiger partial charge in [-0.25, -0.2) is 13.1 Å². The van der Waals surface area contributed by atoms with E-state index in [0.717, 1.165) is 38.8 Å². The van der Waals surface area contributed by atoms with Gasteiger partial charge in [-0.2, -0.15) is 0 Å². The monoisotopic (exact) mass is 260 g/mol. The Morgan fingerprint density at radius 3 is 2.29 bits per heavy atom. The third-order valence-corrected chi connectivity index (χ3v) is 5.68. The molecule has 4 nitrogen and oxygen atoms in total. The highest BCUT2D eigenvalue weighted by atomic mass is 32.2. The highest BCUT2D eigenvalue weighted by molar-refractivity contribution is 7.89. The Kier molecular flexibility index (Phi) is 3.80. The van der Waals surface area contributed by atoms with E-state index in [9.17, 15) is 8.42 Å². The zero-order valence-electron chi connectivity index (χ0n) is 10.8. The van der Waals surface area contributed by atoms with E-state index in [0.29, 0.717) is 17.6 Å². The summed E-state index contributed by atoms with van der Waals surface area (Å²) in [4.78, 5) is 0. The van der Waals surface area contributed by atoms with E-state index < -0.39 is 10.0 Å². The van der Waals surface area contributed by atoms with E-state index in [1.807, 2.05) is 13.8 Å². The van der Waals surface area contributed by atoms with Crippen molar-refractivity contribution in [3.8, 4) is 0 Å². The van der Waals surface area contributed by atoms with E-state index in [1.54, 1.807) is 0 Å². The standard InChI is InChI=1S/C12H24N2O2S/c1-12(2,11-3-4-11)14-17(15,16)9-10-5-7-13-8-6-10/h10-11,13-14H,3-9H2,1-2H3. The first-order valence-electron chi connectivity index (χ1n) is 6.61. The lowest BCUT2D eigenvalue weighted by Gasteiger charge is -2.28. The van der Waals surface area contributed by atoms with Crippen LogP contribution in [0.1, 0.15) is 39.5 Å². The van der Waals surface area contributed by atoms with Gasteiger partial charge in [0, 0.05) is 5.54 Å². The summed E-state index contributed by atoms with van der Waals surface area (Å²) in [6, 6.07) is 0. The highest BCUT2D eigenvalue weighted by Gasteiger charge is 2.40. The third-order valence-electron chi connectivity index (χ3n) is 3.93. The van der Waals surface area contributed by atoms with Crippen LogP contribution in [-0.4, -0.2) is 32.8 Å². The summed E-state index contributed by atoms with van der Waals surface area (Å²) in [5.74, 6) is 1.15. The molecular formula is C12H24N2O2S. The number of hydrogen-bond donors (Lipinski definition) is 2. The maximum absolute atomic E-state index is 12.1. The Labute approximate surface area is 105 Å². The molecule has 100 valence electrons. The average Bonchev–Trinajstić information content (AvgIpc) is 2.99. The first-order chi connectivity index (χ1) is 7.89. The van der Waals surface area contributed by atoms with Gasteiger partial charge >= 0.3 is 0 Å². The topological polar surface area (TPSA) is 58.2 Å². The van der Waals surface area contributed by atoms with Crippen LogP contribution in [0.3, 0.4) is 0 Å². The van der Waals surface area contributed by atoms with Crippen molar-refractivity contribution in [2.75, 3.05) is 18.8 Å². The van der Waals surface area contributed by atoms with Crippen LogP contribution in [0.25, 0.3) is 0 Å². The average molecular weight is 260 g/mol. The van der Waals surface area contributed by atoms with Gasteiger partial charge in [-0.05, 0) is 64.5 Å². The van der Waals surface area contributed by atoms with Crippen LogP contribution in [0.5, 0.6) is 0 Å². The van der Waals surface area contributed by atoms with E-state index in [1.165, 1.54) is 0 Å². The fourth-order valence-corrected chi connectivity index (χ4v) is 4.69. The molecule has 0 unspecified atom stereocenters. The van der Waals surface area contributed by atoms with Crippen LogP contribution >= 0.6 is 0 Å². The van der Waals surface area contributed by atoms with Crippen molar-refractivity contribution in [2.24, 2.45) is 11.8 Å². The summed E-state index contributed by atoms with van der Waals surface area (Å²) in [5, 5.41) is 3.26. The summed E-state index contributed by atoms with van der Waals surface area (Å²) in [6.45, 7) is 5.91. The van der Waals surface area contributed by atoms with Crippen molar-refractivity contribution in [3.05, 3.63) is 0 Å². The molecule has 17 heavy (non-hydrogen) atoms. The summed E-state index contributed by atoms with van der Waals surface area (Å²) >= 11 is 0. The van der Waals surface area contributed by atoms with Gasteiger partial charge in [0.2, 0.25) is 10.0 Å². The van der Waals surface area contributed by atoms with Crippen molar-refractivity contribution < 1.29 is 8.42 Å². The maximum Gasteiger partial charge on any atom is 0.212 e. The maximum atomic E-state index is 12.1. The number of piperidine rings is 1. The predicted octanol–water partition coefficient (Wildman–Crippen LogP) is 1.09. The predicted molar refractivity (Wildman–Crippen MR) is 69.3 cm³/mol. The molecule has 0 aromatic rings. The number of sulfonamides is 1. The van der Waals surface area contributed by atoms with Gasteiger partial charge in [0.1, 0.15) is 0 Å².